The smallest absolute Gasteiger partial charge is 0.239 e. The van der Waals surface area contributed by atoms with Crippen molar-refractivity contribution in [2.75, 3.05) is 6.54 Å². The molecule has 0 saturated carbocycles. The number of halogens is 1. The second-order valence-electron chi connectivity index (χ2n) is 5.67. The number of hydrogen-bond acceptors (Lipinski definition) is 2. The molecule has 5 heteroatoms. The highest BCUT2D eigenvalue weighted by molar-refractivity contribution is 5.85. The summed E-state index contributed by atoms with van der Waals surface area (Å²) in [5.74, 6) is -0.820. The quantitative estimate of drug-likeness (QED) is 0.864. The van der Waals surface area contributed by atoms with Crippen LogP contribution in [0.3, 0.4) is 0 Å². The van der Waals surface area contributed by atoms with Crippen LogP contribution in [-0.4, -0.2) is 23.9 Å². The maximum atomic E-state index is 13.3. The van der Waals surface area contributed by atoms with Gasteiger partial charge in [-0.15, -0.1) is 0 Å². The number of carbonyl (C=O) groups is 2. The molecule has 1 rings (SSSR count). The van der Waals surface area contributed by atoms with Gasteiger partial charge in [-0.1, -0.05) is 18.2 Å². The fraction of sp³-hybridized carbons (Fsp3) is 0.467. The summed E-state index contributed by atoms with van der Waals surface area (Å²) in [5, 5.41) is 5.27. The van der Waals surface area contributed by atoms with E-state index in [1.807, 2.05) is 20.8 Å². The van der Waals surface area contributed by atoms with E-state index in [-0.39, 0.29) is 36.1 Å². The Morgan fingerprint density at radius 2 is 1.80 bits per heavy atom. The summed E-state index contributed by atoms with van der Waals surface area (Å²) >= 11 is 0. The number of amides is 2. The molecule has 2 amide bonds. The van der Waals surface area contributed by atoms with Crippen molar-refractivity contribution in [3.05, 3.63) is 35.6 Å². The van der Waals surface area contributed by atoms with Gasteiger partial charge in [0.25, 0.3) is 0 Å². The predicted molar refractivity (Wildman–Crippen MR) is 75.6 cm³/mol. The van der Waals surface area contributed by atoms with Crippen LogP contribution in [0.25, 0.3) is 0 Å². The Morgan fingerprint density at radius 3 is 2.40 bits per heavy atom. The van der Waals surface area contributed by atoms with Gasteiger partial charge in [-0.2, -0.15) is 0 Å². The number of carbonyl (C=O) groups excluding carboxylic acids is 2. The molecule has 4 nitrogen and oxygen atoms in total. The molecule has 0 aromatic heterocycles. The number of nitrogens with one attached hydrogen (secondary N) is 2. The van der Waals surface area contributed by atoms with Crippen molar-refractivity contribution in [1.82, 2.24) is 10.6 Å². The molecule has 0 aliphatic rings. The molecule has 110 valence electrons. The van der Waals surface area contributed by atoms with Gasteiger partial charge in [0.15, 0.2) is 0 Å². The third-order valence-electron chi connectivity index (χ3n) is 2.54. The number of hydrogen-bond donors (Lipinski definition) is 2. The van der Waals surface area contributed by atoms with Gasteiger partial charge in [-0.3, -0.25) is 9.59 Å². The molecule has 2 N–H and O–H groups in total. The van der Waals surface area contributed by atoms with E-state index in [2.05, 4.69) is 10.6 Å². The van der Waals surface area contributed by atoms with Gasteiger partial charge in [-0.25, -0.2) is 4.39 Å². The SMILES string of the molecule is CC(C)(C)NC(=O)CNC(=O)CCc1ccccc1F. The van der Waals surface area contributed by atoms with Gasteiger partial charge >= 0.3 is 0 Å². The summed E-state index contributed by atoms with van der Waals surface area (Å²) in [6, 6.07) is 6.35. The van der Waals surface area contributed by atoms with Gasteiger partial charge in [0.2, 0.25) is 11.8 Å². The van der Waals surface area contributed by atoms with Crippen molar-refractivity contribution >= 4 is 11.8 Å². The Hall–Kier alpha value is -1.91. The topological polar surface area (TPSA) is 58.2 Å². The monoisotopic (exact) mass is 280 g/mol. The van der Waals surface area contributed by atoms with Gasteiger partial charge in [0, 0.05) is 12.0 Å². The largest absolute Gasteiger partial charge is 0.350 e. The zero-order valence-corrected chi connectivity index (χ0v) is 12.1. The van der Waals surface area contributed by atoms with Crippen LogP contribution in [0.2, 0.25) is 0 Å². The molecule has 20 heavy (non-hydrogen) atoms. The highest BCUT2D eigenvalue weighted by Gasteiger charge is 2.14. The first-order valence-electron chi connectivity index (χ1n) is 6.59. The van der Waals surface area contributed by atoms with Gasteiger partial charge in [-0.05, 0) is 38.8 Å². The molecular weight excluding hydrogens is 259 g/mol. The average molecular weight is 280 g/mol. The molecule has 0 heterocycles. The van der Waals surface area contributed by atoms with E-state index < -0.39 is 0 Å². The van der Waals surface area contributed by atoms with Crippen molar-refractivity contribution in [2.24, 2.45) is 0 Å². The van der Waals surface area contributed by atoms with Crippen LogP contribution in [0.15, 0.2) is 24.3 Å². The van der Waals surface area contributed by atoms with E-state index in [1.54, 1.807) is 18.2 Å². The van der Waals surface area contributed by atoms with Crippen LogP contribution in [0.5, 0.6) is 0 Å². The molecule has 0 saturated heterocycles. The van der Waals surface area contributed by atoms with Crippen molar-refractivity contribution in [3.8, 4) is 0 Å². The summed E-state index contributed by atoms with van der Waals surface area (Å²) in [6.45, 7) is 5.54. The maximum absolute atomic E-state index is 13.3. The zero-order valence-electron chi connectivity index (χ0n) is 12.1. The first kappa shape index (κ1) is 16.1. The summed E-state index contributed by atoms with van der Waals surface area (Å²) in [7, 11) is 0. The van der Waals surface area contributed by atoms with Crippen LogP contribution < -0.4 is 10.6 Å². The normalized spacial score (nSPS) is 11.0. The predicted octanol–water partition coefficient (Wildman–Crippen LogP) is 1.79. The Labute approximate surface area is 118 Å². The van der Waals surface area contributed by atoms with E-state index >= 15 is 0 Å². The molecule has 0 bridgehead atoms. The lowest BCUT2D eigenvalue weighted by Crippen LogP contribution is -2.45. The molecule has 1 aromatic rings. The number of rotatable bonds is 5. The lowest BCUT2D eigenvalue weighted by atomic mass is 10.1. The number of benzene rings is 1. The Kier molecular flexibility index (Phi) is 5.67. The van der Waals surface area contributed by atoms with E-state index in [0.717, 1.165) is 0 Å². The molecule has 0 aliphatic carbocycles. The Balaban J connectivity index is 2.31. The molecule has 0 radical (unpaired) electrons. The highest BCUT2D eigenvalue weighted by Crippen LogP contribution is 2.08. The van der Waals surface area contributed by atoms with Crippen molar-refractivity contribution in [2.45, 2.75) is 39.2 Å². The first-order chi connectivity index (χ1) is 9.28. The maximum Gasteiger partial charge on any atom is 0.239 e. The zero-order chi connectivity index (χ0) is 15.2. The number of aryl methyl sites for hydroxylation is 1. The second-order valence-corrected chi connectivity index (χ2v) is 5.67. The lowest BCUT2D eigenvalue weighted by Gasteiger charge is -2.20. The van der Waals surface area contributed by atoms with Crippen LogP contribution in [0.4, 0.5) is 4.39 Å². The summed E-state index contributed by atoms with van der Waals surface area (Å²) in [5.41, 5.74) is 0.177. The molecule has 0 aliphatic heterocycles. The fourth-order valence-electron chi connectivity index (χ4n) is 1.68. The minimum Gasteiger partial charge on any atom is -0.350 e. The Bertz CT molecular complexity index is 481. The van der Waals surface area contributed by atoms with E-state index in [1.165, 1.54) is 6.07 Å². The van der Waals surface area contributed by atoms with Crippen LogP contribution in [0.1, 0.15) is 32.8 Å². The molecule has 1 aromatic carbocycles. The van der Waals surface area contributed by atoms with Crippen LogP contribution in [0, 0.1) is 5.82 Å². The molecule has 0 unspecified atom stereocenters. The fourth-order valence-corrected chi connectivity index (χ4v) is 1.68. The summed E-state index contributed by atoms with van der Waals surface area (Å²) in [6.07, 6.45) is 0.475. The minimum atomic E-state index is -0.324. The third-order valence-corrected chi connectivity index (χ3v) is 2.54. The molecule has 0 spiro atoms. The van der Waals surface area contributed by atoms with Gasteiger partial charge < -0.3 is 10.6 Å². The first-order valence-corrected chi connectivity index (χ1v) is 6.59. The van der Waals surface area contributed by atoms with E-state index in [0.29, 0.717) is 12.0 Å². The van der Waals surface area contributed by atoms with E-state index in [9.17, 15) is 14.0 Å². The Morgan fingerprint density at radius 1 is 1.15 bits per heavy atom. The molecule has 0 fully saturated rings. The van der Waals surface area contributed by atoms with Crippen LogP contribution in [-0.2, 0) is 16.0 Å². The minimum absolute atomic E-state index is 0.0621. The lowest BCUT2D eigenvalue weighted by molar-refractivity contribution is -0.126. The van der Waals surface area contributed by atoms with Crippen molar-refractivity contribution < 1.29 is 14.0 Å². The van der Waals surface area contributed by atoms with Crippen LogP contribution >= 0.6 is 0 Å². The summed E-state index contributed by atoms with van der Waals surface area (Å²) in [4.78, 5) is 23.1. The molecule has 0 atom stereocenters. The third kappa shape index (κ3) is 6.31. The standard InChI is InChI=1S/C15H21FN2O2/c1-15(2,3)18-14(20)10-17-13(19)9-8-11-6-4-5-7-12(11)16/h4-7H,8-10H2,1-3H3,(H,17,19)(H,18,20). The highest BCUT2D eigenvalue weighted by atomic mass is 19.1. The van der Waals surface area contributed by atoms with E-state index in [4.69, 9.17) is 0 Å². The second kappa shape index (κ2) is 7.03. The average Bonchev–Trinajstić information content (AvgIpc) is 2.33. The summed E-state index contributed by atoms with van der Waals surface area (Å²) < 4.78 is 13.3. The van der Waals surface area contributed by atoms with Crippen molar-refractivity contribution in [1.29, 1.82) is 0 Å². The van der Waals surface area contributed by atoms with Gasteiger partial charge in [0.05, 0.1) is 6.54 Å². The van der Waals surface area contributed by atoms with Gasteiger partial charge in [0.1, 0.15) is 5.82 Å². The molecular formula is C15H21FN2O2. The van der Waals surface area contributed by atoms with Crippen molar-refractivity contribution in [3.63, 3.8) is 0 Å².